The van der Waals surface area contributed by atoms with Crippen LogP contribution in [0.5, 0.6) is 0 Å². The second-order valence-corrected chi connectivity index (χ2v) is 8.30. The van der Waals surface area contributed by atoms with E-state index in [0.29, 0.717) is 46.8 Å². The fraction of sp³-hybridized carbons (Fsp3) is 0.348. The van der Waals surface area contributed by atoms with Crippen LogP contribution in [0.25, 0.3) is 22.3 Å². The minimum absolute atomic E-state index is 0.0873. The van der Waals surface area contributed by atoms with Gasteiger partial charge < -0.3 is 10.0 Å². The summed E-state index contributed by atoms with van der Waals surface area (Å²) in [5.74, 6) is 0.175. The van der Waals surface area contributed by atoms with E-state index >= 15 is 0 Å². The number of hydrogen-bond donors (Lipinski definition) is 1. The molecule has 0 unspecified atom stereocenters. The van der Waals surface area contributed by atoms with Gasteiger partial charge in [-0.15, -0.1) is 0 Å². The van der Waals surface area contributed by atoms with Crippen molar-refractivity contribution >= 4 is 28.4 Å². The highest BCUT2D eigenvalue weighted by Crippen LogP contribution is 2.25. The summed E-state index contributed by atoms with van der Waals surface area (Å²) in [6.45, 7) is 5.88. The quantitative estimate of drug-likeness (QED) is 0.426. The molecule has 3 aromatic heterocycles. The topological polar surface area (TPSA) is 102 Å². The van der Waals surface area contributed by atoms with Gasteiger partial charge in [-0.2, -0.15) is 10.2 Å². The molecule has 0 radical (unpaired) electrons. The van der Waals surface area contributed by atoms with E-state index in [9.17, 15) is 4.79 Å². The number of halogens is 1. The molecular weight excluding hydrogens is 442 g/mol. The van der Waals surface area contributed by atoms with E-state index in [1.807, 2.05) is 24.7 Å². The second-order valence-electron chi connectivity index (χ2n) is 7.86. The molecule has 4 rings (SSSR count). The Morgan fingerprint density at radius 1 is 1.21 bits per heavy atom. The number of nitrogens with zero attached hydrogens (tertiary/aromatic N) is 7. The molecule has 10 heteroatoms. The van der Waals surface area contributed by atoms with Gasteiger partial charge in [-0.05, 0) is 38.5 Å². The Morgan fingerprint density at radius 2 is 2.03 bits per heavy atom. The molecule has 0 fully saturated rings. The normalized spacial score (nSPS) is 11.3. The SMILES string of the molecule is CCn1ncc(CN(C)C(=O)c2nc(-c3cnn(CCCO)c3)nc3ccc(Cl)cc23)c1C. The number of aliphatic hydroxyl groups excluding tert-OH is 1. The number of hydrogen-bond acceptors (Lipinski definition) is 6. The number of fused-ring (bicyclic) bond motifs is 1. The fourth-order valence-corrected chi connectivity index (χ4v) is 3.87. The summed E-state index contributed by atoms with van der Waals surface area (Å²) in [5.41, 5.74) is 3.61. The summed E-state index contributed by atoms with van der Waals surface area (Å²) in [7, 11) is 1.75. The van der Waals surface area contributed by atoms with Crippen LogP contribution < -0.4 is 0 Å². The molecular formula is C23H26ClN7O2. The average molecular weight is 468 g/mol. The second kappa shape index (κ2) is 9.68. The molecule has 4 aromatic rings. The van der Waals surface area contributed by atoms with Crippen molar-refractivity contribution in [3.63, 3.8) is 0 Å². The van der Waals surface area contributed by atoms with Gasteiger partial charge in [0.2, 0.25) is 0 Å². The first-order chi connectivity index (χ1) is 15.9. The van der Waals surface area contributed by atoms with Gasteiger partial charge in [0.15, 0.2) is 5.82 Å². The van der Waals surface area contributed by atoms with Gasteiger partial charge in [-0.1, -0.05) is 11.6 Å². The standard InChI is InChI=1S/C23H26ClN7O2/c1-4-31-15(2)16(11-26-31)13-29(3)23(33)21-19-10-18(24)6-7-20(19)27-22(28-21)17-12-25-30(14-17)8-5-9-32/h6-7,10-12,14,32H,4-5,8-9,13H2,1-3H3. The summed E-state index contributed by atoms with van der Waals surface area (Å²) in [6.07, 6.45) is 5.87. The summed E-state index contributed by atoms with van der Waals surface area (Å²) < 4.78 is 3.63. The minimum Gasteiger partial charge on any atom is -0.396 e. The number of amides is 1. The number of aliphatic hydroxyl groups is 1. The van der Waals surface area contributed by atoms with Gasteiger partial charge in [-0.3, -0.25) is 14.2 Å². The molecule has 1 aromatic carbocycles. The van der Waals surface area contributed by atoms with Gasteiger partial charge >= 0.3 is 0 Å². The molecule has 1 amide bonds. The van der Waals surface area contributed by atoms with Crippen LogP contribution in [0.2, 0.25) is 5.02 Å². The van der Waals surface area contributed by atoms with Crippen LogP contribution in [0, 0.1) is 6.92 Å². The molecule has 172 valence electrons. The Morgan fingerprint density at radius 3 is 2.76 bits per heavy atom. The average Bonchev–Trinajstić information content (AvgIpc) is 3.43. The molecule has 0 saturated carbocycles. The molecule has 0 aliphatic heterocycles. The first-order valence-corrected chi connectivity index (χ1v) is 11.2. The van der Waals surface area contributed by atoms with E-state index in [2.05, 4.69) is 20.2 Å². The maximum Gasteiger partial charge on any atom is 0.273 e. The van der Waals surface area contributed by atoms with E-state index in [4.69, 9.17) is 16.7 Å². The zero-order valence-corrected chi connectivity index (χ0v) is 19.6. The zero-order chi connectivity index (χ0) is 23.5. The Bertz CT molecular complexity index is 1300. The van der Waals surface area contributed by atoms with E-state index < -0.39 is 0 Å². The summed E-state index contributed by atoms with van der Waals surface area (Å²) in [5, 5.41) is 18.8. The maximum absolute atomic E-state index is 13.5. The Kier molecular flexibility index (Phi) is 6.71. The van der Waals surface area contributed by atoms with Crippen LogP contribution in [0.1, 0.15) is 35.1 Å². The fourth-order valence-electron chi connectivity index (χ4n) is 3.69. The highest BCUT2D eigenvalue weighted by Gasteiger charge is 2.21. The maximum atomic E-state index is 13.5. The van der Waals surface area contributed by atoms with Crippen molar-refractivity contribution in [1.29, 1.82) is 0 Å². The minimum atomic E-state index is -0.234. The first-order valence-electron chi connectivity index (χ1n) is 10.8. The van der Waals surface area contributed by atoms with Crippen molar-refractivity contribution in [2.45, 2.75) is 39.9 Å². The molecule has 0 atom stereocenters. The van der Waals surface area contributed by atoms with Crippen LogP contribution in [0.15, 0.2) is 36.8 Å². The van der Waals surface area contributed by atoms with E-state index in [1.54, 1.807) is 47.2 Å². The van der Waals surface area contributed by atoms with Crippen molar-refractivity contribution < 1.29 is 9.90 Å². The van der Waals surface area contributed by atoms with Crippen LogP contribution in [-0.4, -0.2) is 59.1 Å². The first kappa shape index (κ1) is 22.9. The molecule has 0 bridgehead atoms. The van der Waals surface area contributed by atoms with E-state index in [0.717, 1.165) is 17.8 Å². The molecule has 0 aliphatic carbocycles. The highest BCUT2D eigenvalue weighted by atomic mass is 35.5. The number of aryl methyl sites for hydroxylation is 2. The monoisotopic (exact) mass is 467 g/mol. The Balaban J connectivity index is 1.71. The lowest BCUT2D eigenvalue weighted by atomic mass is 10.1. The van der Waals surface area contributed by atoms with Crippen LogP contribution >= 0.6 is 11.6 Å². The van der Waals surface area contributed by atoms with Gasteiger partial charge in [0, 0.05) is 61.2 Å². The highest BCUT2D eigenvalue weighted by molar-refractivity contribution is 6.31. The summed E-state index contributed by atoms with van der Waals surface area (Å²) in [4.78, 5) is 24.4. The van der Waals surface area contributed by atoms with Crippen molar-refractivity contribution in [3.8, 4) is 11.4 Å². The number of aromatic nitrogens is 6. The summed E-state index contributed by atoms with van der Waals surface area (Å²) >= 11 is 6.23. The largest absolute Gasteiger partial charge is 0.396 e. The van der Waals surface area contributed by atoms with Crippen LogP contribution in [-0.2, 0) is 19.6 Å². The number of carbonyl (C=O) groups is 1. The van der Waals surface area contributed by atoms with Crippen molar-refractivity contribution in [2.75, 3.05) is 13.7 Å². The third-order valence-corrected chi connectivity index (χ3v) is 5.79. The zero-order valence-electron chi connectivity index (χ0n) is 18.9. The van der Waals surface area contributed by atoms with Crippen molar-refractivity contribution in [3.05, 3.63) is 58.8 Å². The van der Waals surface area contributed by atoms with Gasteiger partial charge in [0.05, 0.1) is 23.5 Å². The lowest BCUT2D eigenvalue weighted by Gasteiger charge is -2.18. The lowest BCUT2D eigenvalue weighted by Crippen LogP contribution is -2.27. The smallest absolute Gasteiger partial charge is 0.273 e. The molecule has 33 heavy (non-hydrogen) atoms. The Hall–Kier alpha value is -3.30. The molecule has 0 spiro atoms. The molecule has 0 saturated heterocycles. The van der Waals surface area contributed by atoms with Crippen LogP contribution in [0.4, 0.5) is 0 Å². The predicted octanol–water partition coefficient (Wildman–Crippen LogP) is 3.33. The lowest BCUT2D eigenvalue weighted by molar-refractivity contribution is 0.0781. The molecule has 1 N–H and O–H groups in total. The predicted molar refractivity (Wildman–Crippen MR) is 126 cm³/mol. The van der Waals surface area contributed by atoms with Crippen molar-refractivity contribution in [1.82, 2.24) is 34.4 Å². The molecule has 3 heterocycles. The van der Waals surface area contributed by atoms with Crippen LogP contribution in [0.3, 0.4) is 0 Å². The van der Waals surface area contributed by atoms with Gasteiger partial charge in [-0.25, -0.2) is 9.97 Å². The molecule has 0 aliphatic rings. The Labute approximate surface area is 196 Å². The number of rotatable bonds is 8. The van der Waals surface area contributed by atoms with Gasteiger partial charge in [0.1, 0.15) is 5.69 Å². The van der Waals surface area contributed by atoms with E-state index in [1.165, 1.54) is 0 Å². The number of carbonyl (C=O) groups excluding carboxylic acids is 1. The third kappa shape index (κ3) is 4.74. The number of benzene rings is 1. The third-order valence-electron chi connectivity index (χ3n) is 5.56. The molecule has 9 nitrogen and oxygen atoms in total. The van der Waals surface area contributed by atoms with E-state index in [-0.39, 0.29) is 18.2 Å². The van der Waals surface area contributed by atoms with Gasteiger partial charge in [0.25, 0.3) is 5.91 Å². The summed E-state index contributed by atoms with van der Waals surface area (Å²) in [6, 6.07) is 5.24. The van der Waals surface area contributed by atoms with Crippen molar-refractivity contribution in [2.24, 2.45) is 0 Å².